The highest BCUT2D eigenvalue weighted by Crippen LogP contribution is 2.18. The summed E-state index contributed by atoms with van der Waals surface area (Å²) in [6, 6.07) is 9.08. The molecule has 4 nitrogen and oxygen atoms in total. The SMILES string of the molecule is COc1ccccc1C(=O)Cn1ccc(C)n1. The first-order valence-corrected chi connectivity index (χ1v) is 5.37. The summed E-state index contributed by atoms with van der Waals surface area (Å²) < 4.78 is 6.79. The number of ketones is 1. The maximum atomic E-state index is 12.1. The Bertz CT molecular complexity index is 532. The molecule has 2 aromatic rings. The van der Waals surface area contributed by atoms with E-state index in [0.717, 1.165) is 5.69 Å². The van der Waals surface area contributed by atoms with Crippen LogP contribution in [0.3, 0.4) is 0 Å². The number of methoxy groups -OCH3 is 1. The van der Waals surface area contributed by atoms with Gasteiger partial charge in [-0.05, 0) is 25.1 Å². The van der Waals surface area contributed by atoms with Gasteiger partial charge in [-0.1, -0.05) is 12.1 Å². The summed E-state index contributed by atoms with van der Waals surface area (Å²) in [5, 5.41) is 4.19. The first-order valence-electron chi connectivity index (χ1n) is 5.37. The second kappa shape index (κ2) is 4.82. The molecule has 1 aromatic heterocycles. The van der Waals surface area contributed by atoms with Crippen LogP contribution in [0.25, 0.3) is 0 Å². The summed E-state index contributed by atoms with van der Waals surface area (Å²) in [7, 11) is 1.56. The van der Waals surface area contributed by atoms with Crippen LogP contribution in [-0.4, -0.2) is 22.7 Å². The fourth-order valence-corrected chi connectivity index (χ4v) is 1.66. The molecule has 17 heavy (non-hydrogen) atoms. The van der Waals surface area contributed by atoms with E-state index in [4.69, 9.17) is 4.74 Å². The number of hydrogen-bond donors (Lipinski definition) is 0. The number of rotatable bonds is 4. The fraction of sp³-hybridized carbons (Fsp3) is 0.231. The number of ether oxygens (including phenoxy) is 1. The van der Waals surface area contributed by atoms with Gasteiger partial charge in [0.25, 0.3) is 0 Å². The zero-order valence-electron chi connectivity index (χ0n) is 9.88. The van der Waals surface area contributed by atoms with E-state index in [2.05, 4.69) is 5.10 Å². The van der Waals surface area contributed by atoms with E-state index in [1.54, 1.807) is 30.1 Å². The van der Waals surface area contributed by atoms with Crippen LogP contribution < -0.4 is 4.74 Å². The van der Waals surface area contributed by atoms with E-state index >= 15 is 0 Å². The Hall–Kier alpha value is -2.10. The summed E-state index contributed by atoms with van der Waals surface area (Å²) >= 11 is 0. The lowest BCUT2D eigenvalue weighted by molar-refractivity contribution is 0.0964. The second-order valence-corrected chi connectivity index (χ2v) is 3.78. The number of carbonyl (C=O) groups is 1. The minimum absolute atomic E-state index is 0.00875. The first-order chi connectivity index (χ1) is 8.20. The molecule has 0 aliphatic carbocycles. The van der Waals surface area contributed by atoms with Crippen LogP contribution in [-0.2, 0) is 6.54 Å². The third-order valence-electron chi connectivity index (χ3n) is 2.49. The number of aromatic nitrogens is 2. The van der Waals surface area contributed by atoms with Crippen molar-refractivity contribution in [3.8, 4) is 5.75 Å². The highest BCUT2D eigenvalue weighted by Gasteiger charge is 2.12. The van der Waals surface area contributed by atoms with E-state index in [9.17, 15) is 4.79 Å². The Morgan fingerprint density at radius 3 is 2.76 bits per heavy atom. The largest absolute Gasteiger partial charge is 0.496 e. The molecule has 1 heterocycles. The van der Waals surface area contributed by atoms with E-state index in [0.29, 0.717) is 11.3 Å². The average molecular weight is 230 g/mol. The summed E-state index contributed by atoms with van der Waals surface area (Å²) in [6.07, 6.45) is 1.79. The molecule has 0 unspecified atom stereocenters. The number of hydrogen-bond acceptors (Lipinski definition) is 3. The number of Topliss-reactive ketones (excluding diaryl/α,β-unsaturated/α-hetero) is 1. The number of nitrogens with zero attached hydrogens (tertiary/aromatic N) is 2. The van der Waals surface area contributed by atoms with E-state index in [1.165, 1.54) is 0 Å². The summed E-state index contributed by atoms with van der Waals surface area (Å²) in [5.74, 6) is 0.590. The van der Waals surface area contributed by atoms with Gasteiger partial charge >= 0.3 is 0 Å². The van der Waals surface area contributed by atoms with Crippen molar-refractivity contribution in [1.82, 2.24) is 9.78 Å². The summed E-state index contributed by atoms with van der Waals surface area (Å²) in [6.45, 7) is 2.12. The number of carbonyl (C=O) groups excluding carboxylic acids is 1. The van der Waals surface area contributed by atoms with Gasteiger partial charge in [0.2, 0.25) is 0 Å². The molecule has 0 aliphatic heterocycles. The average Bonchev–Trinajstić information content (AvgIpc) is 2.74. The van der Waals surface area contributed by atoms with Gasteiger partial charge in [0.15, 0.2) is 5.78 Å². The smallest absolute Gasteiger partial charge is 0.187 e. The monoisotopic (exact) mass is 230 g/mol. The molecule has 88 valence electrons. The molecule has 0 saturated carbocycles. The lowest BCUT2D eigenvalue weighted by Gasteiger charge is -2.07. The van der Waals surface area contributed by atoms with E-state index < -0.39 is 0 Å². The summed E-state index contributed by atoms with van der Waals surface area (Å²) in [4.78, 5) is 12.1. The van der Waals surface area contributed by atoms with Crippen molar-refractivity contribution in [2.75, 3.05) is 7.11 Å². The van der Waals surface area contributed by atoms with Crippen LogP contribution in [0.1, 0.15) is 16.1 Å². The highest BCUT2D eigenvalue weighted by molar-refractivity contribution is 5.98. The minimum Gasteiger partial charge on any atom is -0.496 e. The van der Waals surface area contributed by atoms with Gasteiger partial charge in [0.1, 0.15) is 12.3 Å². The lowest BCUT2D eigenvalue weighted by atomic mass is 10.1. The Morgan fingerprint density at radius 1 is 1.35 bits per heavy atom. The third-order valence-corrected chi connectivity index (χ3v) is 2.49. The van der Waals surface area contributed by atoms with Gasteiger partial charge in [-0.3, -0.25) is 9.48 Å². The lowest BCUT2D eigenvalue weighted by Crippen LogP contribution is -2.12. The minimum atomic E-state index is -0.00875. The standard InChI is InChI=1S/C13H14N2O2/c1-10-7-8-15(14-10)9-12(16)11-5-3-4-6-13(11)17-2/h3-8H,9H2,1-2H3. The van der Waals surface area contributed by atoms with Crippen molar-refractivity contribution < 1.29 is 9.53 Å². The van der Waals surface area contributed by atoms with Crippen molar-refractivity contribution in [2.45, 2.75) is 13.5 Å². The fourth-order valence-electron chi connectivity index (χ4n) is 1.66. The van der Waals surface area contributed by atoms with Gasteiger partial charge in [-0.2, -0.15) is 5.10 Å². The molecule has 0 saturated heterocycles. The molecule has 0 radical (unpaired) electrons. The van der Waals surface area contributed by atoms with Crippen molar-refractivity contribution in [3.05, 3.63) is 47.8 Å². The Balaban J connectivity index is 2.20. The molecule has 0 atom stereocenters. The molecular weight excluding hydrogens is 216 g/mol. The van der Waals surface area contributed by atoms with E-state index in [-0.39, 0.29) is 12.3 Å². The van der Waals surface area contributed by atoms with Gasteiger partial charge < -0.3 is 4.74 Å². The quantitative estimate of drug-likeness (QED) is 0.755. The zero-order valence-corrected chi connectivity index (χ0v) is 9.88. The maximum absolute atomic E-state index is 12.1. The first kappa shape index (κ1) is 11.4. The molecule has 0 amide bonds. The van der Waals surface area contributed by atoms with Gasteiger partial charge in [0.05, 0.1) is 18.4 Å². The molecule has 1 aromatic carbocycles. The van der Waals surface area contributed by atoms with E-state index in [1.807, 2.05) is 25.1 Å². The van der Waals surface area contributed by atoms with Crippen LogP contribution in [0.4, 0.5) is 0 Å². The van der Waals surface area contributed by atoms with Crippen molar-refractivity contribution >= 4 is 5.78 Å². The molecular formula is C13H14N2O2. The molecule has 0 bridgehead atoms. The number of benzene rings is 1. The van der Waals surface area contributed by atoms with Crippen LogP contribution in [0, 0.1) is 6.92 Å². The number of aryl methyl sites for hydroxylation is 1. The predicted octanol–water partition coefficient (Wildman–Crippen LogP) is 2.08. The maximum Gasteiger partial charge on any atom is 0.187 e. The molecule has 4 heteroatoms. The van der Waals surface area contributed by atoms with Crippen molar-refractivity contribution in [2.24, 2.45) is 0 Å². The van der Waals surface area contributed by atoms with Crippen molar-refractivity contribution in [3.63, 3.8) is 0 Å². The number of para-hydroxylation sites is 1. The molecule has 0 fully saturated rings. The van der Waals surface area contributed by atoms with Gasteiger partial charge in [-0.15, -0.1) is 0 Å². The molecule has 0 N–H and O–H groups in total. The zero-order chi connectivity index (χ0) is 12.3. The Kier molecular flexibility index (Phi) is 3.23. The third kappa shape index (κ3) is 2.53. The topological polar surface area (TPSA) is 44.1 Å². The Morgan fingerprint density at radius 2 is 2.12 bits per heavy atom. The van der Waals surface area contributed by atoms with Crippen LogP contribution in [0.15, 0.2) is 36.5 Å². The second-order valence-electron chi connectivity index (χ2n) is 3.78. The molecule has 0 spiro atoms. The van der Waals surface area contributed by atoms with Crippen LogP contribution in [0.5, 0.6) is 5.75 Å². The van der Waals surface area contributed by atoms with Gasteiger partial charge in [-0.25, -0.2) is 0 Å². The van der Waals surface area contributed by atoms with Crippen LogP contribution >= 0.6 is 0 Å². The molecule has 2 rings (SSSR count). The van der Waals surface area contributed by atoms with Crippen molar-refractivity contribution in [1.29, 1.82) is 0 Å². The highest BCUT2D eigenvalue weighted by atomic mass is 16.5. The Labute approximate surface area is 99.8 Å². The normalized spacial score (nSPS) is 10.2. The van der Waals surface area contributed by atoms with Crippen LogP contribution in [0.2, 0.25) is 0 Å². The summed E-state index contributed by atoms with van der Waals surface area (Å²) in [5.41, 5.74) is 1.49. The predicted molar refractivity (Wildman–Crippen MR) is 64.3 cm³/mol. The van der Waals surface area contributed by atoms with Gasteiger partial charge in [0, 0.05) is 6.20 Å². The molecule has 0 aliphatic rings.